The predicted molar refractivity (Wildman–Crippen MR) is 208 cm³/mol. The van der Waals surface area contributed by atoms with Crippen molar-refractivity contribution in [3.63, 3.8) is 0 Å². The second-order valence-electron chi connectivity index (χ2n) is 12.3. The molecule has 0 aliphatic rings. The van der Waals surface area contributed by atoms with E-state index in [-0.39, 0.29) is 0 Å². The number of fused-ring (bicyclic) bond motifs is 7. The van der Waals surface area contributed by atoms with Crippen molar-refractivity contribution in [1.82, 2.24) is 0 Å². The van der Waals surface area contributed by atoms with E-state index in [1.807, 2.05) is 18.2 Å². The van der Waals surface area contributed by atoms with E-state index in [9.17, 15) is 0 Å². The van der Waals surface area contributed by atoms with Gasteiger partial charge in [-0.15, -0.1) is 0 Å². The first-order valence-electron chi connectivity index (χ1n) is 16.5. The summed E-state index contributed by atoms with van der Waals surface area (Å²) in [6.45, 7) is 0. The molecule has 0 spiro atoms. The molecule has 224 valence electrons. The highest BCUT2D eigenvalue weighted by molar-refractivity contribution is 6.24. The van der Waals surface area contributed by atoms with Crippen LogP contribution in [-0.4, -0.2) is 5.71 Å². The first-order chi connectivity index (χ1) is 23.8. The average Bonchev–Trinajstić information content (AvgIpc) is 3.16. The molecule has 0 radical (unpaired) electrons. The van der Waals surface area contributed by atoms with Crippen molar-refractivity contribution in [2.45, 2.75) is 0 Å². The molecule has 0 N–H and O–H groups in total. The van der Waals surface area contributed by atoms with E-state index in [1.54, 1.807) is 0 Å². The van der Waals surface area contributed by atoms with Crippen molar-refractivity contribution in [2.24, 2.45) is 4.99 Å². The van der Waals surface area contributed by atoms with E-state index >= 15 is 0 Å². The molecule has 1 heteroatoms. The summed E-state index contributed by atoms with van der Waals surface area (Å²) in [5.74, 6) is 0. The SMILES string of the molecule is C(=C\c1ccc(-c2c3ccccc3cc3c2ccc2ccccc23)cc1)/C(=Nc1ccccc1)c1cccc2ccc3ccccc3c12. The van der Waals surface area contributed by atoms with Crippen LogP contribution in [0.3, 0.4) is 0 Å². The summed E-state index contributed by atoms with van der Waals surface area (Å²) in [5, 5.41) is 12.5. The number of para-hydroxylation sites is 1. The van der Waals surface area contributed by atoms with Crippen molar-refractivity contribution in [1.29, 1.82) is 0 Å². The Labute approximate surface area is 279 Å². The fourth-order valence-electron chi connectivity index (χ4n) is 7.17. The first kappa shape index (κ1) is 28.0. The molecule has 0 saturated carbocycles. The van der Waals surface area contributed by atoms with Gasteiger partial charge in [-0.2, -0.15) is 0 Å². The zero-order chi connectivity index (χ0) is 31.9. The third-order valence-corrected chi connectivity index (χ3v) is 9.45. The number of allylic oxidation sites excluding steroid dienone is 1. The van der Waals surface area contributed by atoms with Gasteiger partial charge in [0.05, 0.1) is 11.4 Å². The van der Waals surface area contributed by atoms with Gasteiger partial charge in [0.25, 0.3) is 0 Å². The number of hydrogen-bond donors (Lipinski definition) is 0. The molecule has 1 nitrogen and oxygen atoms in total. The Morgan fingerprint density at radius 3 is 1.85 bits per heavy atom. The Bertz CT molecular complexity index is 2700. The van der Waals surface area contributed by atoms with Gasteiger partial charge in [-0.3, -0.25) is 0 Å². The van der Waals surface area contributed by atoms with E-state index < -0.39 is 0 Å². The van der Waals surface area contributed by atoms with Gasteiger partial charge in [0.15, 0.2) is 0 Å². The van der Waals surface area contributed by atoms with Crippen LogP contribution in [-0.2, 0) is 0 Å². The largest absolute Gasteiger partial charge is 0.248 e. The zero-order valence-electron chi connectivity index (χ0n) is 26.3. The smallest absolute Gasteiger partial charge is 0.0715 e. The minimum atomic E-state index is 0.930. The van der Waals surface area contributed by atoms with Crippen molar-refractivity contribution >= 4 is 71.3 Å². The van der Waals surface area contributed by atoms with Crippen LogP contribution in [0, 0.1) is 0 Å². The van der Waals surface area contributed by atoms with Crippen molar-refractivity contribution in [3.8, 4) is 11.1 Å². The lowest BCUT2D eigenvalue weighted by Crippen LogP contribution is -1.98. The quantitative estimate of drug-likeness (QED) is 0.105. The third-order valence-electron chi connectivity index (χ3n) is 9.45. The van der Waals surface area contributed by atoms with E-state index in [0.29, 0.717) is 0 Å². The summed E-state index contributed by atoms with van der Waals surface area (Å²) in [6, 6.07) is 63.0. The normalized spacial score (nSPS) is 12.2. The molecule has 9 aromatic rings. The first-order valence-corrected chi connectivity index (χ1v) is 16.5. The van der Waals surface area contributed by atoms with Crippen molar-refractivity contribution < 1.29 is 0 Å². The van der Waals surface area contributed by atoms with Crippen LogP contribution in [0.5, 0.6) is 0 Å². The molecular weight excluding hydrogens is 579 g/mol. The molecule has 0 amide bonds. The molecule has 48 heavy (non-hydrogen) atoms. The molecule has 0 heterocycles. The molecule has 9 aromatic carbocycles. The monoisotopic (exact) mass is 609 g/mol. The maximum atomic E-state index is 5.19. The minimum absolute atomic E-state index is 0.930. The van der Waals surface area contributed by atoms with Gasteiger partial charge in [0, 0.05) is 5.56 Å². The second kappa shape index (κ2) is 11.8. The third kappa shape index (κ3) is 4.94. The molecule has 0 aliphatic carbocycles. The maximum absolute atomic E-state index is 5.19. The standard InChI is InChI=1S/C47H31N/c1-2-15-38(16-3-1)48-45(43-20-10-14-35-27-26-34-12-5-8-18-40(34)47(35)43)30-23-32-21-24-36(25-22-32)46-41-19-9-6-13-37(41)31-44-39-17-7-4-11-33(39)28-29-42(44)46/h1-31H/b30-23+,48-45?. The molecular formula is C47H31N. The Hall–Kier alpha value is -6.31. The number of aliphatic imine (C=N–C) groups is 1. The van der Waals surface area contributed by atoms with E-state index in [0.717, 1.165) is 22.5 Å². The number of rotatable bonds is 5. The van der Waals surface area contributed by atoms with Gasteiger partial charge in [-0.05, 0) is 94.8 Å². The fraction of sp³-hybridized carbons (Fsp3) is 0. The van der Waals surface area contributed by atoms with Gasteiger partial charge >= 0.3 is 0 Å². The zero-order valence-corrected chi connectivity index (χ0v) is 26.3. The van der Waals surface area contributed by atoms with Crippen molar-refractivity contribution in [3.05, 3.63) is 193 Å². The predicted octanol–water partition coefficient (Wildman–Crippen LogP) is 13.0. The number of hydrogen-bond acceptors (Lipinski definition) is 1. The van der Waals surface area contributed by atoms with Gasteiger partial charge in [-0.25, -0.2) is 4.99 Å². The van der Waals surface area contributed by atoms with E-state index in [1.165, 1.54) is 65.0 Å². The van der Waals surface area contributed by atoms with Gasteiger partial charge in [0.2, 0.25) is 0 Å². The minimum Gasteiger partial charge on any atom is -0.248 e. The van der Waals surface area contributed by atoms with E-state index in [2.05, 4.69) is 170 Å². The van der Waals surface area contributed by atoms with E-state index in [4.69, 9.17) is 4.99 Å². The Morgan fingerprint density at radius 1 is 0.417 bits per heavy atom. The van der Waals surface area contributed by atoms with Crippen LogP contribution in [0.15, 0.2) is 187 Å². The van der Waals surface area contributed by atoms with Crippen LogP contribution in [0.1, 0.15) is 11.1 Å². The van der Waals surface area contributed by atoms with Crippen LogP contribution in [0.25, 0.3) is 71.1 Å². The summed E-state index contributed by atoms with van der Waals surface area (Å²) in [7, 11) is 0. The molecule has 0 unspecified atom stereocenters. The molecule has 0 bridgehead atoms. The Kier molecular flexibility index (Phi) is 6.87. The van der Waals surface area contributed by atoms with Crippen LogP contribution < -0.4 is 0 Å². The van der Waals surface area contributed by atoms with Gasteiger partial charge in [-0.1, -0.05) is 164 Å². The molecule has 0 aromatic heterocycles. The van der Waals surface area contributed by atoms with Gasteiger partial charge < -0.3 is 0 Å². The van der Waals surface area contributed by atoms with Gasteiger partial charge in [0.1, 0.15) is 0 Å². The molecule has 0 saturated heterocycles. The second-order valence-corrected chi connectivity index (χ2v) is 12.3. The lowest BCUT2D eigenvalue weighted by molar-refractivity contribution is 1.51. The lowest BCUT2D eigenvalue weighted by atomic mass is 9.89. The van der Waals surface area contributed by atoms with Crippen LogP contribution >= 0.6 is 0 Å². The lowest BCUT2D eigenvalue weighted by Gasteiger charge is -2.14. The highest BCUT2D eigenvalue weighted by Gasteiger charge is 2.13. The highest BCUT2D eigenvalue weighted by Crippen LogP contribution is 2.39. The molecule has 0 aliphatic heterocycles. The molecule has 9 rings (SSSR count). The van der Waals surface area contributed by atoms with Crippen LogP contribution in [0.4, 0.5) is 5.69 Å². The fourth-order valence-corrected chi connectivity index (χ4v) is 7.17. The summed E-state index contributed by atoms with van der Waals surface area (Å²) in [5.41, 5.74) is 6.59. The molecule has 0 atom stereocenters. The summed E-state index contributed by atoms with van der Waals surface area (Å²) >= 11 is 0. The van der Waals surface area contributed by atoms with Crippen molar-refractivity contribution in [2.75, 3.05) is 0 Å². The maximum Gasteiger partial charge on any atom is 0.0715 e. The summed E-state index contributed by atoms with van der Waals surface area (Å²) in [4.78, 5) is 5.19. The molecule has 0 fully saturated rings. The Morgan fingerprint density at radius 2 is 1.04 bits per heavy atom. The highest BCUT2D eigenvalue weighted by atomic mass is 14.7. The topological polar surface area (TPSA) is 12.4 Å². The number of benzene rings is 9. The number of nitrogens with zero attached hydrogens (tertiary/aromatic N) is 1. The average molecular weight is 610 g/mol. The summed E-state index contributed by atoms with van der Waals surface area (Å²) < 4.78 is 0. The van der Waals surface area contributed by atoms with Crippen LogP contribution in [0.2, 0.25) is 0 Å². The summed E-state index contributed by atoms with van der Waals surface area (Å²) in [6.07, 6.45) is 4.35. The Balaban J connectivity index is 1.17.